The quantitative estimate of drug-likeness (QED) is 0.809. The molecule has 17 heavy (non-hydrogen) atoms. The molecule has 2 aromatic rings. The Labute approximate surface area is 95.3 Å². The second-order valence-corrected chi connectivity index (χ2v) is 3.33. The molecule has 0 saturated carbocycles. The van der Waals surface area contributed by atoms with Crippen LogP contribution in [0.5, 0.6) is 0 Å². The summed E-state index contributed by atoms with van der Waals surface area (Å²) in [6.45, 7) is 1.87. The maximum Gasteiger partial charge on any atom is 0.471 e. The summed E-state index contributed by atoms with van der Waals surface area (Å²) < 4.78 is 40.8. The fourth-order valence-corrected chi connectivity index (χ4v) is 1.28. The number of benzene rings is 1. The molecule has 0 aliphatic carbocycles. The first-order valence-corrected chi connectivity index (χ1v) is 4.81. The Morgan fingerprint density at radius 3 is 2.29 bits per heavy atom. The van der Waals surface area contributed by atoms with Gasteiger partial charge in [0.2, 0.25) is 5.82 Å². The van der Waals surface area contributed by atoms with Gasteiger partial charge in [0, 0.05) is 5.56 Å². The number of alkyl halides is 3. The van der Waals surface area contributed by atoms with Crippen LogP contribution in [0.3, 0.4) is 0 Å². The molecule has 1 heterocycles. The highest BCUT2D eigenvalue weighted by molar-refractivity contribution is 5.55. The molecular formula is C11H8F3N2O. The first-order valence-electron chi connectivity index (χ1n) is 4.81. The second kappa shape index (κ2) is 4.20. The summed E-state index contributed by atoms with van der Waals surface area (Å²) in [6.07, 6.45) is -2.73. The van der Waals surface area contributed by atoms with E-state index in [-0.39, 0.29) is 5.82 Å². The molecule has 0 saturated heterocycles. The smallest absolute Gasteiger partial charge is 0.329 e. The summed E-state index contributed by atoms with van der Waals surface area (Å²) in [4.78, 5) is 3.29. The van der Waals surface area contributed by atoms with Crippen LogP contribution in [-0.4, -0.2) is 10.1 Å². The number of halogens is 3. The highest BCUT2D eigenvalue weighted by atomic mass is 19.4. The molecule has 6 heteroatoms. The van der Waals surface area contributed by atoms with Gasteiger partial charge in [0.1, 0.15) is 0 Å². The van der Waals surface area contributed by atoms with Crippen molar-refractivity contribution < 1.29 is 17.7 Å². The zero-order valence-electron chi connectivity index (χ0n) is 8.82. The van der Waals surface area contributed by atoms with E-state index in [1.165, 1.54) is 0 Å². The standard InChI is InChI=1S/C11H8F3N2O/c1-2-7-3-5-8(6-4-7)9-15-10(17-16-9)11(12,13)14/h2-6H,1H3. The minimum atomic E-state index is -4.61. The van der Waals surface area contributed by atoms with Gasteiger partial charge in [0.25, 0.3) is 0 Å². The van der Waals surface area contributed by atoms with Crippen molar-refractivity contribution >= 4 is 0 Å². The van der Waals surface area contributed by atoms with E-state index in [0.717, 1.165) is 5.56 Å². The molecule has 0 spiro atoms. The molecule has 0 aliphatic heterocycles. The van der Waals surface area contributed by atoms with Crippen molar-refractivity contribution in [1.29, 1.82) is 0 Å². The summed E-state index contributed by atoms with van der Waals surface area (Å²) in [5.41, 5.74) is 1.45. The van der Waals surface area contributed by atoms with Crippen LogP contribution in [0.1, 0.15) is 18.4 Å². The largest absolute Gasteiger partial charge is 0.471 e. The highest BCUT2D eigenvalue weighted by Gasteiger charge is 2.38. The Bertz CT molecular complexity index is 502. The van der Waals surface area contributed by atoms with Gasteiger partial charge < -0.3 is 4.52 Å². The topological polar surface area (TPSA) is 38.9 Å². The third kappa shape index (κ3) is 2.46. The number of nitrogens with zero attached hydrogens (tertiary/aromatic N) is 2. The van der Waals surface area contributed by atoms with E-state index in [2.05, 4.69) is 14.7 Å². The lowest BCUT2D eigenvalue weighted by Gasteiger charge is -1.97. The lowest BCUT2D eigenvalue weighted by atomic mass is 10.1. The van der Waals surface area contributed by atoms with Crippen molar-refractivity contribution in [2.24, 2.45) is 0 Å². The van der Waals surface area contributed by atoms with E-state index in [1.54, 1.807) is 24.3 Å². The molecule has 0 unspecified atom stereocenters. The summed E-state index contributed by atoms with van der Waals surface area (Å²) in [5.74, 6) is -1.40. The number of rotatable bonds is 2. The highest BCUT2D eigenvalue weighted by Crippen LogP contribution is 2.29. The molecule has 0 amide bonds. The van der Waals surface area contributed by atoms with Crippen LogP contribution in [-0.2, 0) is 6.18 Å². The van der Waals surface area contributed by atoms with Crippen molar-refractivity contribution in [1.82, 2.24) is 10.1 Å². The molecule has 3 nitrogen and oxygen atoms in total. The predicted octanol–water partition coefficient (Wildman–Crippen LogP) is 3.33. The van der Waals surface area contributed by atoms with Crippen molar-refractivity contribution in [3.05, 3.63) is 42.1 Å². The van der Waals surface area contributed by atoms with Crippen molar-refractivity contribution in [3.8, 4) is 11.4 Å². The van der Waals surface area contributed by atoms with E-state index in [0.29, 0.717) is 5.56 Å². The van der Waals surface area contributed by atoms with Gasteiger partial charge >= 0.3 is 12.1 Å². The third-order valence-corrected chi connectivity index (χ3v) is 2.17. The zero-order valence-corrected chi connectivity index (χ0v) is 8.82. The lowest BCUT2D eigenvalue weighted by molar-refractivity contribution is -0.159. The van der Waals surface area contributed by atoms with Crippen LogP contribution in [0.15, 0.2) is 28.8 Å². The van der Waals surface area contributed by atoms with E-state index in [9.17, 15) is 13.2 Å². The van der Waals surface area contributed by atoms with E-state index in [1.807, 2.05) is 13.3 Å². The number of hydrogen-bond donors (Lipinski definition) is 0. The maximum absolute atomic E-state index is 12.2. The minimum Gasteiger partial charge on any atom is -0.329 e. The van der Waals surface area contributed by atoms with Crippen LogP contribution in [0.2, 0.25) is 0 Å². The third-order valence-electron chi connectivity index (χ3n) is 2.17. The monoisotopic (exact) mass is 241 g/mol. The van der Waals surface area contributed by atoms with Gasteiger partial charge in [0.05, 0.1) is 0 Å². The van der Waals surface area contributed by atoms with Crippen molar-refractivity contribution in [2.75, 3.05) is 0 Å². The Hall–Kier alpha value is -1.85. The van der Waals surface area contributed by atoms with Gasteiger partial charge in [-0.1, -0.05) is 36.3 Å². The number of aromatic nitrogens is 2. The van der Waals surface area contributed by atoms with Crippen LogP contribution in [0, 0.1) is 6.42 Å². The van der Waals surface area contributed by atoms with Gasteiger partial charge in [-0.25, -0.2) is 0 Å². The molecule has 1 aromatic carbocycles. The summed E-state index contributed by atoms with van der Waals surface area (Å²) in [7, 11) is 0. The first-order chi connectivity index (χ1) is 8.00. The molecule has 0 bridgehead atoms. The van der Waals surface area contributed by atoms with E-state index >= 15 is 0 Å². The Kier molecular flexibility index (Phi) is 2.87. The predicted molar refractivity (Wildman–Crippen MR) is 53.8 cm³/mol. The normalized spacial score (nSPS) is 11.8. The van der Waals surface area contributed by atoms with Crippen molar-refractivity contribution in [3.63, 3.8) is 0 Å². The number of hydrogen-bond acceptors (Lipinski definition) is 3. The second-order valence-electron chi connectivity index (χ2n) is 3.33. The van der Waals surface area contributed by atoms with Gasteiger partial charge in [-0.3, -0.25) is 0 Å². The molecule has 0 atom stereocenters. The SMILES string of the molecule is C[CH]c1ccc(-c2noc(C(F)(F)F)n2)cc1. The van der Waals surface area contributed by atoms with E-state index in [4.69, 9.17) is 0 Å². The van der Waals surface area contributed by atoms with Gasteiger partial charge in [-0.2, -0.15) is 18.2 Å². The molecule has 1 radical (unpaired) electrons. The molecule has 0 N–H and O–H groups in total. The van der Waals surface area contributed by atoms with Crippen molar-refractivity contribution in [2.45, 2.75) is 13.1 Å². The van der Waals surface area contributed by atoms with E-state index < -0.39 is 12.1 Å². The fourth-order valence-electron chi connectivity index (χ4n) is 1.28. The first kappa shape index (κ1) is 11.6. The van der Waals surface area contributed by atoms with Gasteiger partial charge in [-0.05, 0) is 12.0 Å². The average Bonchev–Trinajstić information content (AvgIpc) is 2.78. The zero-order chi connectivity index (χ0) is 12.5. The van der Waals surface area contributed by atoms with Crippen LogP contribution in [0.4, 0.5) is 13.2 Å². The Morgan fingerprint density at radius 2 is 1.82 bits per heavy atom. The van der Waals surface area contributed by atoms with Gasteiger partial charge in [0.15, 0.2) is 0 Å². The average molecular weight is 241 g/mol. The summed E-state index contributed by atoms with van der Waals surface area (Å²) in [5, 5.41) is 3.29. The molecule has 1 aromatic heterocycles. The molecule has 0 aliphatic rings. The van der Waals surface area contributed by atoms with Crippen LogP contribution >= 0.6 is 0 Å². The maximum atomic E-state index is 12.2. The molecule has 2 rings (SSSR count). The summed E-state index contributed by atoms with van der Waals surface area (Å²) in [6, 6.07) is 6.80. The van der Waals surface area contributed by atoms with Crippen LogP contribution in [0.25, 0.3) is 11.4 Å². The summed E-state index contributed by atoms with van der Waals surface area (Å²) >= 11 is 0. The Balaban J connectivity index is 2.30. The molecule has 89 valence electrons. The molecular weight excluding hydrogens is 233 g/mol. The Morgan fingerprint density at radius 1 is 1.18 bits per heavy atom. The van der Waals surface area contributed by atoms with Gasteiger partial charge in [-0.15, -0.1) is 0 Å². The lowest BCUT2D eigenvalue weighted by Crippen LogP contribution is -2.04. The molecule has 0 fully saturated rings. The fraction of sp³-hybridized carbons (Fsp3) is 0.182. The minimum absolute atomic E-state index is 0.0695. The van der Waals surface area contributed by atoms with Crippen LogP contribution < -0.4 is 0 Å².